The van der Waals surface area contributed by atoms with Crippen molar-refractivity contribution in [3.8, 4) is 0 Å². The maximum Gasteiger partial charge on any atom is 0.307 e. The molecule has 0 saturated heterocycles. The molecule has 3 rings (SSSR count). The minimum Gasteiger partial charge on any atom is -0.481 e. The van der Waals surface area contributed by atoms with E-state index in [9.17, 15) is 9.59 Å². The monoisotopic (exact) mass is 294 g/mol. The molecule has 2 aliphatic carbocycles. The number of carboxylic acids is 1. The van der Waals surface area contributed by atoms with E-state index in [0.29, 0.717) is 13.0 Å². The van der Waals surface area contributed by atoms with Crippen molar-refractivity contribution in [2.45, 2.75) is 38.5 Å². The number of hydrogen-bond donors (Lipinski definition) is 2. The standard InChI is InChI=1S/C14H18N2O3S/c17-13(8-7-9(8)14(18)19)15-6-5-12-16-10-3-1-2-4-11(10)20-12/h8-9H,1-7H2,(H,15,17)(H,18,19)/t8-,9-/m0/s1. The minimum absolute atomic E-state index is 0.126. The van der Waals surface area contributed by atoms with E-state index in [1.54, 1.807) is 11.3 Å². The third-order valence-electron chi connectivity index (χ3n) is 3.97. The maximum absolute atomic E-state index is 11.7. The topological polar surface area (TPSA) is 79.3 Å². The summed E-state index contributed by atoms with van der Waals surface area (Å²) < 4.78 is 0. The van der Waals surface area contributed by atoms with Gasteiger partial charge in [0.1, 0.15) is 0 Å². The molecule has 6 heteroatoms. The van der Waals surface area contributed by atoms with Gasteiger partial charge >= 0.3 is 5.97 Å². The number of nitrogens with zero attached hydrogens (tertiary/aromatic N) is 1. The highest BCUT2D eigenvalue weighted by Gasteiger charge is 2.48. The van der Waals surface area contributed by atoms with Gasteiger partial charge in [-0.1, -0.05) is 0 Å². The van der Waals surface area contributed by atoms with Gasteiger partial charge < -0.3 is 10.4 Å². The lowest BCUT2D eigenvalue weighted by Crippen LogP contribution is -2.28. The number of aromatic nitrogens is 1. The summed E-state index contributed by atoms with van der Waals surface area (Å²) in [7, 11) is 0. The molecule has 1 saturated carbocycles. The third-order valence-corrected chi connectivity index (χ3v) is 5.19. The number of carbonyl (C=O) groups excluding carboxylic acids is 1. The molecule has 1 aromatic heterocycles. The zero-order chi connectivity index (χ0) is 14.1. The Morgan fingerprint density at radius 2 is 2.10 bits per heavy atom. The van der Waals surface area contributed by atoms with E-state index in [1.807, 2.05) is 0 Å². The van der Waals surface area contributed by atoms with E-state index in [1.165, 1.54) is 23.4 Å². The van der Waals surface area contributed by atoms with Crippen molar-refractivity contribution >= 4 is 23.2 Å². The molecule has 2 N–H and O–H groups in total. The molecular weight excluding hydrogens is 276 g/mol. The molecular formula is C14H18N2O3S. The van der Waals surface area contributed by atoms with Crippen LogP contribution in [0.1, 0.15) is 34.8 Å². The van der Waals surface area contributed by atoms with Crippen molar-refractivity contribution in [1.29, 1.82) is 0 Å². The summed E-state index contributed by atoms with van der Waals surface area (Å²) in [6, 6.07) is 0. The fourth-order valence-corrected chi connectivity index (χ4v) is 3.85. The predicted octanol–water partition coefficient (Wildman–Crippen LogP) is 1.40. The summed E-state index contributed by atoms with van der Waals surface area (Å²) in [5.74, 6) is -1.78. The second kappa shape index (κ2) is 5.52. The molecule has 2 aliphatic rings. The van der Waals surface area contributed by atoms with E-state index in [0.717, 1.165) is 24.3 Å². The van der Waals surface area contributed by atoms with Gasteiger partial charge in [-0.15, -0.1) is 11.3 Å². The zero-order valence-electron chi connectivity index (χ0n) is 11.2. The lowest BCUT2D eigenvalue weighted by molar-refractivity contribution is -0.140. The highest BCUT2D eigenvalue weighted by Crippen LogP contribution is 2.38. The Bertz CT molecular complexity index is 517. The normalized spacial score (nSPS) is 24.0. The summed E-state index contributed by atoms with van der Waals surface area (Å²) in [4.78, 5) is 28.4. The van der Waals surface area contributed by atoms with Gasteiger partial charge in [0.25, 0.3) is 0 Å². The van der Waals surface area contributed by atoms with Gasteiger partial charge in [-0.05, 0) is 32.1 Å². The fourth-order valence-electron chi connectivity index (χ4n) is 2.69. The molecule has 0 unspecified atom stereocenters. The first-order valence-electron chi connectivity index (χ1n) is 7.13. The number of nitrogens with one attached hydrogen (secondary N) is 1. The highest BCUT2D eigenvalue weighted by atomic mass is 32.1. The lowest BCUT2D eigenvalue weighted by Gasteiger charge is -2.06. The van der Waals surface area contributed by atoms with Crippen LogP contribution in [0.15, 0.2) is 0 Å². The summed E-state index contributed by atoms with van der Waals surface area (Å²) in [5.41, 5.74) is 1.25. The van der Waals surface area contributed by atoms with Crippen LogP contribution in [0, 0.1) is 11.8 Å². The van der Waals surface area contributed by atoms with E-state index < -0.39 is 11.9 Å². The van der Waals surface area contributed by atoms with Crippen LogP contribution < -0.4 is 5.32 Å². The third kappa shape index (κ3) is 2.85. The minimum atomic E-state index is -0.863. The second-order valence-electron chi connectivity index (χ2n) is 5.51. The van der Waals surface area contributed by atoms with Crippen LogP contribution in [0.3, 0.4) is 0 Å². The Kier molecular flexibility index (Phi) is 3.74. The van der Waals surface area contributed by atoms with Crippen LogP contribution in [0.2, 0.25) is 0 Å². The van der Waals surface area contributed by atoms with Gasteiger partial charge in [0.2, 0.25) is 5.91 Å². The van der Waals surface area contributed by atoms with Crippen molar-refractivity contribution in [2.75, 3.05) is 6.54 Å². The predicted molar refractivity (Wildman–Crippen MR) is 74.7 cm³/mol. The van der Waals surface area contributed by atoms with Gasteiger partial charge in [0.05, 0.1) is 22.5 Å². The highest BCUT2D eigenvalue weighted by molar-refractivity contribution is 7.11. The number of aliphatic carboxylic acids is 1. The van der Waals surface area contributed by atoms with Crippen LogP contribution in [0.4, 0.5) is 0 Å². The fraction of sp³-hybridized carbons (Fsp3) is 0.643. The van der Waals surface area contributed by atoms with Crippen molar-refractivity contribution in [1.82, 2.24) is 10.3 Å². The van der Waals surface area contributed by atoms with E-state index >= 15 is 0 Å². The first-order chi connectivity index (χ1) is 9.65. The first-order valence-corrected chi connectivity index (χ1v) is 7.95. The van der Waals surface area contributed by atoms with Crippen LogP contribution in [-0.2, 0) is 28.9 Å². The van der Waals surface area contributed by atoms with Crippen LogP contribution in [-0.4, -0.2) is 28.5 Å². The number of aryl methyl sites for hydroxylation is 2. The average Bonchev–Trinajstić information content (AvgIpc) is 3.13. The molecule has 0 radical (unpaired) electrons. The summed E-state index contributed by atoms with van der Waals surface area (Å²) in [6.45, 7) is 0.550. The van der Waals surface area contributed by atoms with Crippen LogP contribution in [0.5, 0.6) is 0 Å². The molecule has 0 aromatic carbocycles. The van der Waals surface area contributed by atoms with Crippen LogP contribution in [0.25, 0.3) is 0 Å². The number of fused-ring (bicyclic) bond motifs is 1. The number of carboxylic acid groups (broad SMARTS) is 1. The smallest absolute Gasteiger partial charge is 0.307 e. The summed E-state index contributed by atoms with van der Waals surface area (Å²) in [6.07, 6.45) is 5.93. The van der Waals surface area contributed by atoms with Gasteiger partial charge in [-0.3, -0.25) is 9.59 Å². The van der Waals surface area contributed by atoms with Crippen molar-refractivity contribution < 1.29 is 14.7 Å². The van der Waals surface area contributed by atoms with Gasteiger partial charge in [0, 0.05) is 17.8 Å². The summed E-state index contributed by atoms with van der Waals surface area (Å²) >= 11 is 1.76. The molecule has 1 aromatic rings. The van der Waals surface area contributed by atoms with Crippen LogP contribution >= 0.6 is 11.3 Å². The SMILES string of the molecule is O=C(O)[C@H]1C[C@@H]1C(=O)NCCc1nc2c(s1)CCCC2. The molecule has 0 spiro atoms. The Morgan fingerprint density at radius 3 is 2.80 bits per heavy atom. The Morgan fingerprint density at radius 1 is 1.30 bits per heavy atom. The Hall–Kier alpha value is -1.43. The van der Waals surface area contributed by atoms with Crippen molar-refractivity contribution in [3.05, 3.63) is 15.6 Å². The molecule has 1 heterocycles. The molecule has 5 nitrogen and oxygen atoms in total. The zero-order valence-corrected chi connectivity index (χ0v) is 12.0. The molecule has 20 heavy (non-hydrogen) atoms. The molecule has 0 bridgehead atoms. The first kappa shape index (κ1) is 13.5. The summed E-state index contributed by atoms with van der Waals surface area (Å²) in [5, 5.41) is 12.7. The number of hydrogen-bond acceptors (Lipinski definition) is 4. The number of rotatable bonds is 5. The quantitative estimate of drug-likeness (QED) is 0.860. The Labute approximate surface area is 121 Å². The molecule has 0 aliphatic heterocycles. The van der Waals surface area contributed by atoms with Crippen molar-refractivity contribution in [2.24, 2.45) is 11.8 Å². The van der Waals surface area contributed by atoms with E-state index in [2.05, 4.69) is 10.3 Å². The maximum atomic E-state index is 11.7. The largest absolute Gasteiger partial charge is 0.481 e. The van der Waals surface area contributed by atoms with E-state index in [4.69, 9.17) is 5.11 Å². The molecule has 108 valence electrons. The molecule has 1 fully saturated rings. The number of thiazole rings is 1. The second-order valence-corrected chi connectivity index (χ2v) is 6.68. The Balaban J connectivity index is 1.45. The molecule has 1 amide bonds. The number of amides is 1. The van der Waals surface area contributed by atoms with Gasteiger partial charge in [-0.25, -0.2) is 4.98 Å². The van der Waals surface area contributed by atoms with Crippen molar-refractivity contribution in [3.63, 3.8) is 0 Å². The average molecular weight is 294 g/mol. The lowest BCUT2D eigenvalue weighted by atomic mass is 10.0. The number of carbonyl (C=O) groups is 2. The van der Waals surface area contributed by atoms with Gasteiger partial charge in [0.15, 0.2) is 0 Å². The van der Waals surface area contributed by atoms with E-state index in [-0.39, 0.29) is 11.8 Å². The molecule has 2 atom stereocenters. The van der Waals surface area contributed by atoms with Gasteiger partial charge in [-0.2, -0.15) is 0 Å².